The first-order valence-corrected chi connectivity index (χ1v) is 12.1. The second kappa shape index (κ2) is 8.75. The summed E-state index contributed by atoms with van der Waals surface area (Å²) in [5.74, 6) is 0.0117. The number of nitrogens with zero attached hydrogens (tertiary/aromatic N) is 2. The number of rotatable bonds is 4. The van der Waals surface area contributed by atoms with E-state index in [9.17, 15) is 4.79 Å². The van der Waals surface area contributed by atoms with Crippen LogP contribution in [0.25, 0.3) is 32.6 Å². The van der Waals surface area contributed by atoms with Gasteiger partial charge in [-0.15, -0.1) is 11.3 Å². The first-order valence-electron chi connectivity index (χ1n) is 11.2. The highest BCUT2D eigenvalue weighted by Gasteiger charge is 2.28. The molecule has 0 saturated heterocycles. The standard InChI is InChI=1S/C27H27N3OS/c1-30(20-15-9-4-10-16-20)27(31)25-24(28)23-21(18-11-5-2-6-12-18)17-22(29-26(23)32-25)19-13-7-3-8-14-19/h2-3,5-8,11-14,17,20H,4,9-10,15-16,28H2,1H3. The maximum Gasteiger partial charge on any atom is 0.266 e. The Balaban J connectivity index is 1.65. The smallest absolute Gasteiger partial charge is 0.266 e. The highest BCUT2D eigenvalue weighted by Crippen LogP contribution is 2.42. The van der Waals surface area contributed by atoms with Crippen LogP contribution in [0.4, 0.5) is 5.69 Å². The van der Waals surface area contributed by atoms with Gasteiger partial charge in [-0.05, 0) is 30.0 Å². The van der Waals surface area contributed by atoms with Crippen LogP contribution in [0.15, 0.2) is 66.7 Å². The second-order valence-corrected chi connectivity index (χ2v) is 9.52. The van der Waals surface area contributed by atoms with Gasteiger partial charge in [0.25, 0.3) is 5.91 Å². The number of hydrogen-bond acceptors (Lipinski definition) is 4. The molecule has 0 atom stereocenters. The van der Waals surface area contributed by atoms with Gasteiger partial charge in [-0.2, -0.15) is 0 Å². The minimum Gasteiger partial charge on any atom is -0.397 e. The Morgan fingerprint density at radius 3 is 2.25 bits per heavy atom. The molecule has 5 heteroatoms. The van der Waals surface area contributed by atoms with E-state index in [-0.39, 0.29) is 5.91 Å². The summed E-state index contributed by atoms with van der Waals surface area (Å²) in [6.45, 7) is 0. The minimum atomic E-state index is 0.0117. The van der Waals surface area contributed by atoms with Crippen molar-refractivity contribution < 1.29 is 4.79 Å². The fourth-order valence-electron chi connectivity index (χ4n) is 4.68. The zero-order valence-corrected chi connectivity index (χ0v) is 19.1. The molecule has 32 heavy (non-hydrogen) atoms. The molecular weight excluding hydrogens is 414 g/mol. The van der Waals surface area contributed by atoms with Gasteiger partial charge in [0.2, 0.25) is 0 Å². The number of nitrogens with two attached hydrogens (primary N) is 1. The topological polar surface area (TPSA) is 59.2 Å². The van der Waals surface area contributed by atoms with Crippen LogP contribution in [0, 0.1) is 0 Å². The maximum absolute atomic E-state index is 13.5. The molecule has 1 fully saturated rings. The largest absolute Gasteiger partial charge is 0.397 e. The second-order valence-electron chi connectivity index (χ2n) is 8.52. The lowest BCUT2D eigenvalue weighted by molar-refractivity contribution is 0.0702. The van der Waals surface area contributed by atoms with Gasteiger partial charge in [-0.1, -0.05) is 79.9 Å². The van der Waals surface area contributed by atoms with Gasteiger partial charge >= 0.3 is 0 Å². The molecule has 1 amide bonds. The number of carbonyl (C=O) groups is 1. The monoisotopic (exact) mass is 441 g/mol. The van der Waals surface area contributed by atoms with Crippen LogP contribution in [0.3, 0.4) is 0 Å². The molecular formula is C27H27N3OS. The van der Waals surface area contributed by atoms with Crippen LogP contribution in [0.2, 0.25) is 0 Å². The Morgan fingerprint density at radius 1 is 0.969 bits per heavy atom. The van der Waals surface area contributed by atoms with Crippen LogP contribution in [-0.2, 0) is 0 Å². The number of fused-ring (bicyclic) bond motifs is 1. The molecule has 2 N–H and O–H groups in total. The van der Waals surface area contributed by atoms with Gasteiger partial charge in [0, 0.05) is 24.0 Å². The van der Waals surface area contributed by atoms with Crippen LogP contribution in [-0.4, -0.2) is 28.9 Å². The van der Waals surface area contributed by atoms with Crippen LogP contribution >= 0.6 is 11.3 Å². The number of thiophene rings is 1. The highest BCUT2D eigenvalue weighted by molar-refractivity contribution is 7.21. The zero-order valence-electron chi connectivity index (χ0n) is 18.3. The Bertz CT molecular complexity index is 1240. The van der Waals surface area contributed by atoms with Gasteiger partial charge < -0.3 is 10.6 Å². The van der Waals surface area contributed by atoms with Crippen LogP contribution in [0.5, 0.6) is 0 Å². The predicted octanol–water partition coefficient (Wildman–Crippen LogP) is 6.62. The summed E-state index contributed by atoms with van der Waals surface area (Å²) >= 11 is 1.41. The first-order chi connectivity index (χ1) is 15.6. The number of anilines is 1. The number of aromatic nitrogens is 1. The van der Waals surface area contributed by atoms with Crippen molar-refractivity contribution in [2.24, 2.45) is 0 Å². The molecule has 1 aliphatic carbocycles. The molecule has 2 aromatic carbocycles. The van der Waals surface area contributed by atoms with Crippen LogP contribution in [0.1, 0.15) is 41.8 Å². The summed E-state index contributed by atoms with van der Waals surface area (Å²) in [7, 11) is 1.92. The molecule has 0 spiro atoms. The third-order valence-corrected chi connectivity index (χ3v) is 7.58. The first kappa shape index (κ1) is 20.7. The minimum absolute atomic E-state index is 0.0117. The molecule has 0 bridgehead atoms. The number of carbonyl (C=O) groups excluding carboxylic acids is 1. The fraction of sp³-hybridized carbons (Fsp3) is 0.259. The number of benzene rings is 2. The highest BCUT2D eigenvalue weighted by atomic mass is 32.1. The normalized spacial score (nSPS) is 14.5. The summed E-state index contributed by atoms with van der Waals surface area (Å²) in [5.41, 5.74) is 11.2. The summed E-state index contributed by atoms with van der Waals surface area (Å²) in [6.07, 6.45) is 5.77. The molecule has 4 aromatic rings. The summed E-state index contributed by atoms with van der Waals surface area (Å²) in [5, 5.41) is 0.876. The molecule has 0 aliphatic heterocycles. The molecule has 2 heterocycles. The lowest BCUT2D eigenvalue weighted by Gasteiger charge is -2.31. The number of amides is 1. The molecule has 4 nitrogen and oxygen atoms in total. The fourth-order valence-corrected chi connectivity index (χ4v) is 5.78. The molecule has 0 radical (unpaired) electrons. The van der Waals surface area contributed by atoms with Gasteiger partial charge in [-0.25, -0.2) is 4.98 Å². The van der Waals surface area contributed by atoms with Crippen molar-refractivity contribution in [2.75, 3.05) is 12.8 Å². The lowest BCUT2D eigenvalue weighted by atomic mass is 9.94. The van der Waals surface area contributed by atoms with Crippen molar-refractivity contribution in [3.8, 4) is 22.4 Å². The third-order valence-electron chi connectivity index (χ3n) is 6.49. The average molecular weight is 442 g/mol. The summed E-state index contributed by atoms with van der Waals surface area (Å²) in [6, 6.07) is 22.7. The van der Waals surface area contributed by atoms with Crippen LogP contribution < -0.4 is 5.73 Å². The summed E-state index contributed by atoms with van der Waals surface area (Å²) < 4.78 is 0. The van der Waals surface area contributed by atoms with Crippen molar-refractivity contribution in [3.05, 3.63) is 71.6 Å². The molecule has 0 unspecified atom stereocenters. The van der Waals surface area contributed by atoms with Gasteiger partial charge in [0.1, 0.15) is 9.71 Å². The molecule has 1 saturated carbocycles. The molecule has 5 rings (SSSR count). The Labute approximate surface area is 192 Å². The van der Waals surface area contributed by atoms with Gasteiger partial charge in [0.05, 0.1) is 11.4 Å². The van der Waals surface area contributed by atoms with Crippen molar-refractivity contribution in [1.29, 1.82) is 0 Å². The van der Waals surface area contributed by atoms with Gasteiger partial charge in [0.15, 0.2) is 0 Å². The quantitative estimate of drug-likeness (QED) is 0.387. The lowest BCUT2D eigenvalue weighted by Crippen LogP contribution is -2.38. The van der Waals surface area contributed by atoms with E-state index < -0.39 is 0 Å². The van der Waals surface area contributed by atoms with Crippen molar-refractivity contribution >= 4 is 33.1 Å². The van der Waals surface area contributed by atoms with Crippen molar-refractivity contribution in [3.63, 3.8) is 0 Å². The number of pyridine rings is 1. The zero-order chi connectivity index (χ0) is 22.1. The summed E-state index contributed by atoms with van der Waals surface area (Å²) in [4.78, 5) is 21.7. The molecule has 1 aliphatic rings. The van der Waals surface area contributed by atoms with E-state index in [1.54, 1.807) is 0 Å². The SMILES string of the molecule is CN(C(=O)c1sc2nc(-c3ccccc3)cc(-c3ccccc3)c2c1N)C1CCCCC1. The predicted molar refractivity (Wildman–Crippen MR) is 134 cm³/mol. The number of nitrogen functional groups attached to an aromatic ring is 1. The third kappa shape index (κ3) is 3.78. The van der Waals surface area contributed by atoms with E-state index in [1.165, 1.54) is 30.6 Å². The maximum atomic E-state index is 13.5. The van der Waals surface area contributed by atoms with E-state index in [0.29, 0.717) is 16.6 Å². The Hall–Kier alpha value is -3.18. The van der Waals surface area contributed by atoms with E-state index in [4.69, 9.17) is 10.7 Å². The Kier molecular flexibility index (Phi) is 5.66. The molecule has 2 aromatic heterocycles. The van der Waals surface area contributed by atoms with E-state index in [1.807, 2.05) is 48.3 Å². The van der Waals surface area contributed by atoms with E-state index in [2.05, 4.69) is 30.3 Å². The van der Waals surface area contributed by atoms with Crippen molar-refractivity contribution in [1.82, 2.24) is 9.88 Å². The van der Waals surface area contributed by atoms with Crippen molar-refractivity contribution in [2.45, 2.75) is 38.1 Å². The average Bonchev–Trinajstić information content (AvgIpc) is 3.20. The van der Waals surface area contributed by atoms with E-state index in [0.717, 1.165) is 45.4 Å². The van der Waals surface area contributed by atoms with E-state index >= 15 is 0 Å². The number of hydrogen-bond donors (Lipinski definition) is 1. The van der Waals surface area contributed by atoms with Gasteiger partial charge in [-0.3, -0.25) is 4.79 Å². The Morgan fingerprint density at radius 2 is 1.59 bits per heavy atom. The molecule has 162 valence electrons.